The Morgan fingerprint density at radius 1 is 0.500 bits per heavy atom. The Labute approximate surface area is 54.6 Å². The van der Waals surface area contributed by atoms with Gasteiger partial charge in [-0.25, -0.2) is 0 Å². The first-order chi connectivity index (χ1) is 0. The minimum Gasteiger partial charge on any atom is -0.269 e. The molecule has 0 aliphatic rings. The van der Waals surface area contributed by atoms with Gasteiger partial charge in [0.2, 0.25) is 0 Å². The fraction of sp³-hybridized carbons (Fsp3) is 0. The zero-order valence-corrected chi connectivity index (χ0v) is 4.93. The van der Waals surface area contributed by atoms with Crippen LogP contribution in [0.3, 0.4) is 0 Å². The van der Waals surface area contributed by atoms with Gasteiger partial charge in [-0.2, -0.15) is 0 Å². The Bertz CT molecular complexity index is 3.25. The first kappa shape index (κ1) is 67.7. The van der Waals surface area contributed by atoms with Gasteiger partial charge >= 0.3 is 0 Å². The normalized spacial score (nSPS) is 0. The zero-order chi connectivity index (χ0) is 0. The van der Waals surface area contributed by atoms with Gasteiger partial charge in [0.05, 0.1) is 0 Å². The summed E-state index contributed by atoms with van der Waals surface area (Å²) in [4.78, 5) is 0. The van der Waals surface area contributed by atoms with Crippen molar-refractivity contribution in [2.75, 3.05) is 0 Å². The topological polar surface area (TPSA) is 0 Å². The summed E-state index contributed by atoms with van der Waals surface area (Å²) in [5, 5.41) is 0. The van der Waals surface area contributed by atoms with Crippen molar-refractivity contribution in [3.8, 4) is 0 Å². The molecule has 0 aromatic rings. The number of rotatable bonds is 0. The third-order valence-electron chi connectivity index (χ3n) is 0. The van der Waals surface area contributed by atoms with Crippen molar-refractivity contribution >= 4 is 0 Å². The summed E-state index contributed by atoms with van der Waals surface area (Å²) in [6.45, 7) is 0. The van der Waals surface area contributed by atoms with Gasteiger partial charge in [0.1, 0.15) is 0 Å². The third-order valence-corrected chi connectivity index (χ3v) is 0. The Kier molecular flexibility index (Phi) is 532. The van der Waals surface area contributed by atoms with Gasteiger partial charge in [-0.15, -0.1) is 0 Å². The van der Waals surface area contributed by atoms with Crippen molar-refractivity contribution in [1.29, 1.82) is 0 Å². The fourth-order valence-electron chi connectivity index (χ4n) is 0. The maximum absolute atomic E-state index is 0. The molecule has 0 saturated carbocycles. The van der Waals surface area contributed by atoms with Gasteiger partial charge in [-0.3, -0.25) is 14.1 Å². The predicted octanol–water partition coefficient (Wildman–Crippen LogP) is 0.458. The van der Waals surface area contributed by atoms with E-state index in [9.17, 15) is 0 Å². The number of hydrogen-bond donors (Lipinski definition) is 0. The minimum absolute atomic E-state index is 0. The van der Waals surface area contributed by atoms with E-state index in [1.165, 1.54) is 0 Å². The van der Waals surface area contributed by atoms with Crippen LogP contribution in [-0.2, 0) is 0 Å². The summed E-state index contributed by atoms with van der Waals surface area (Å²) in [7, 11) is 0. The molecule has 0 aliphatic heterocycles. The Morgan fingerprint density at radius 3 is 0.500 bits per heavy atom. The molecular formula is H3F3Nd. The second kappa shape index (κ2) is 31.4. The maximum atomic E-state index is 0. The van der Waals surface area contributed by atoms with Crippen molar-refractivity contribution in [3.05, 3.63) is 0 Å². The summed E-state index contributed by atoms with van der Waals surface area (Å²) in [6.07, 6.45) is 0. The average molecular weight is 204 g/mol. The summed E-state index contributed by atoms with van der Waals surface area (Å²) < 4.78 is 0. The minimum atomic E-state index is 0. The van der Waals surface area contributed by atoms with E-state index in [4.69, 9.17) is 0 Å². The van der Waals surface area contributed by atoms with E-state index in [0.717, 1.165) is 0 Å². The van der Waals surface area contributed by atoms with Crippen LogP contribution >= 0.6 is 0 Å². The summed E-state index contributed by atoms with van der Waals surface area (Å²) in [5.74, 6) is 0. The molecule has 0 amide bonds. The maximum Gasteiger partial charge on any atom is 0 e. The monoisotopic (exact) mass is 202 g/mol. The van der Waals surface area contributed by atoms with Gasteiger partial charge in [0, 0.05) is 40.8 Å². The van der Waals surface area contributed by atoms with E-state index in [-0.39, 0.29) is 55.0 Å². The van der Waals surface area contributed by atoms with Crippen molar-refractivity contribution in [2.45, 2.75) is 0 Å². The largest absolute Gasteiger partial charge is 0.269 e. The standard InChI is InChI=1S/3FH.Nd/h3*1H;. The first-order valence-corrected chi connectivity index (χ1v) is 0. The summed E-state index contributed by atoms with van der Waals surface area (Å²) in [5.41, 5.74) is 0. The summed E-state index contributed by atoms with van der Waals surface area (Å²) in [6, 6.07) is 0. The SMILES string of the molecule is F.F.F.[Nd]. The molecule has 0 aromatic heterocycles. The number of hydrogen-bond acceptors (Lipinski definition) is 0. The first-order valence-electron chi connectivity index (χ1n) is 0. The molecule has 0 aliphatic carbocycles. The Hall–Kier alpha value is 1.14. The Balaban J connectivity index is 0. The zero-order valence-electron chi connectivity index (χ0n) is 1.72. The van der Waals surface area contributed by atoms with Crippen LogP contribution in [0.15, 0.2) is 0 Å². The van der Waals surface area contributed by atoms with Gasteiger partial charge in [-0.1, -0.05) is 0 Å². The number of halogens is 3. The van der Waals surface area contributed by atoms with Crippen LogP contribution in [0.2, 0.25) is 0 Å². The molecule has 0 unspecified atom stereocenters. The molecule has 4 heavy (non-hydrogen) atoms. The molecule has 0 spiro atoms. The molecule has 0 heterocycles. The molecule has 0 saturated heterocycles. The van der Waals surface area contributed by atoms with Crippen LogP contribution in [0, 0.1) is 40.8 Å². The van der Waals surface area contributed by atoms with E-state index < -0.39 is 0 Å². The van der Waals surface area contributed by atoms with Crippen LogP contribution < -0.4 is 0 Å². The molecule has 28 valence electrons. The molecule has 0 atom stereocenters. The molecule has 0 rings (SSSR count). The van der Waals surface area contributed by atoms with Crippen LogP contribution in [0.1, 0.15) is 0 Å². The van der Waals surface area contributed by atoms with E-state index in [1.807, 2.05) is 0 Å². The predicted molar refractivity (Wildman–Crippen MR) is 7.51 cm³/mol. The van der Waals surface area contributed by atoms with Gasteiger partial charge in [0.25, 0.3) is 0 Å². The smallest absolute Gasteiger partial charge is 0 e. The van der Waals surface area contributed by atoms with Gasteiger partial charge < -0.3 is 0 Å². The van der Waals surface area contributed by atoms with Crippen molar-refractivity contribution in [1.82, 2.24) is 0 Å². The second-order valence-corrected chi connectivity index (χ2v) is 0. The van der Waals surface area contributed by atoms with Gasteiger partial charge in [-0.05, 0) is 0 Å². The molecule has 4 heteroatoms. The van der Waals surface area contributed by atoms with Gasteiger partial charge in [0.15, 0.2) is 0 Å². The van der Waals surface area contributed by atoms with E-state index in [0.29, 0.717) is 0 Å². The van der Waals surface area contributed by atoms with Crippen LogP contribution in [0.5, 0.6) is 0 Å². The van der Waals surface area contributed by atoms with E-state index in [2.05, 4.69) is 0 Å². The molecule has 0 bridgehead atoms. The molecule has 0 N–H and O–H groups in total. The molecule has 0 aromatic carbocycles. The average Bonchev–Trinajstić information content (AvgIpc) is 0. The van der Waals surface area contributed by atoms with Crippen LogP contribution in [0.25, 0.3) is 0 Å². The van der Waals surface area contributed by atoms with Crippen molar-refractivity contribution < 1.29 is 55.0 Å². The Morgan fingerprint density at radius 2 is 0.500 bits per heavy atom. The van der Waals surface area contributed by atoms with Crippen molar-refractivity contribution in [3.63, 3.8) is 0 Å². The molecular weight excluding hydrogens is 201 g/mol. The molecule has 0 nitrogen and oxygen atoms in total. The quantitative estimate of drug-likeness (QED) is 0.537. The fourth-order valence-corrected chi connectivity index (χ4v) is 0. The van der Waals surface area contributed by atoms with Crippen LogP contribution in [0.4, 0.5) is 14.1 Å². The molecule has 0 radical (unpaired) electrons. The van der Waals surface area contributed by atoms with E-state index >= 15 is 0 Å². The summed E-state index contributed by atoms with van der Waals surface area (Å²) >= 11 is 0. The van der Waals surface area contributed by atoms with Crippen LogP contribution in [-0.4, -0.2) is 0 Å². The second-order valence-electron chi connectivity index (χ2n) is 0. The third kappa shape index (κ3) is 11.1. The van der Waals surface area contributed by atoms with Crippen molar-refractivity contribution in [2.24, 2.45) is 0 Å². The van der Waals surface area contributed by atoms with E-state index in [1.54, 1.807) is 0 Å². The molecule has 0 fully saturated rings.